The molecule has 1 heterocycles. The number of nitrogens with two attached hydrogens (primary N) is 1. The van der Waals surface area contributed by atoms with Crippen LogP contribution in [0.4, 0.5) is 0 Å². The Morgan fingerprint density at radius 3 is 2.62 bits per heavy atom. The first-order valence-electron chi connectivity index (χ1n) is 9.05. The summed E-state index contributed by atoms with van der Waals surface area (Å²) in [4.78, 5) is 2.48. The highest BCUT2D eigenvalue weighted by Gasteiger charge is 2.24. The fourth-order valence-electron chi connectivity index (χ4n) is 3.47. The summed E-state index contributed by atoms with van der Waals surface area (Å²) in [5.41, 5.74) is 8.74. The van der Waals surface area contributed by atoms with Crippen LogP contribution in [-0.2, 0) is 6.54 Å². The number of hydrogen-bond acceptors (Lipinski definition) is 4. The summed E-state index contributed by atoms with van der Waals surface area (Å²) in [6.07, 6.45) is 5.52. The molecule has 134 valence electrons. The van der Waals surface area contributed by atoms with E-state index >= 15 is 0 Å². The number of benzene rings is 1. The molecule has 0 spiro atoms. The van der Waals surface area contributed by atoms with Gasteiger partial charge in [-0.25, -0.2) is 0 Å². The van der Waals surface area contributed by atoms with Crippen molar-refractivity contribution in [1.82, 2.24) is 4.90 Å². The van der Waals surface area contributed by atoms with Crippen LogP contribution in [0.3, 0.4) is 0 Å². The molecule has 0 saturated carbocycles. The van der Waals surface area contributed by atoms with Crippen molar-refractivity contribution >= 4 is 18.7 Å². The van der Waals surface area contributed by atoms with Gasteiger partial charge in [0.2, 0.25) is 0 Å². The fourth-order valence-corrected chi connectivity index (χ4v) is 3.68. The summed E-state index contributed by atoms with van der Waals surface area (Å²) >= 11 is 6.21. The summed E-state index contributed by atoms with van der Waals surface area (Å²) in [6, 6.07) is 6.56. The second kappa shape index (κ2) is 9.78. The van der Waals surface area contributed by atoms with E-state index in [1.54, 1.807) is 0 Å². The Kier molecular flexibility index (Phi) is 8.05. The van der Waals surface area contributed by atoms with Crippen LogP contribution in [-0.4, -0.2) is 41.2 Å². The molecule has 1 aliphatic rings. The highest BCUT2D eigenvalue weighted by Crippen LogP contribution is 2.25. The van der Waals surface area contributed by atoms with Crippen LogP contribution < -0.4 is 5.73 Å². The van der Waals surface area contributed by atoms with Crippen LogP contribution in [0.15, 0.2) is 18.2 Å². The molecule has 1 aromatic carbocycles. The van der Waals surface area contributed by atoms with Crippen LogP contribution in [0.25, 0.3) is 0 Å². The number of likely N-dealkylation sites (tertiary alicyclic amines) is 1. The van der Waals surface area contributed by atoms with Crippen LogP contribution >= 0.6 is 11.6 Å². The third-order valence-electron chi connectivity index (χ3n) is 5.13. The summed E-state index contributed by atoms with van der Waals surface area (Å²) < 4.78 is 0. The smallest absolute Gasteiger partial charge is 0.427 e. The normalized spacial score (nSPS) is 17.9. The number of aryl methyl sites for hydroxylation is 1. The van der Waals surface area contributed by atoms with Gasteiger partial charge in [0.05, 0.1) is 0 Å². The van der Waals surface area contributed by atoms with Gasteiger partial charge in [-0.1, -0.05) is 36.6 Å². The standard InChI is InChI=1S/C18H30BClN2O2/c1-14-5-6-15(12-17(14)20)13-22-10-7-16(8-11-22)18(21)4-2-3-9-19(23)24/h5-6,12,16,18,23-24H,2-4,7-11,13,21H2,1H3. The zero-order chi connectivity index (χ0) is 17.5. The lowest BCUT2D eigenvalue weighted by Gasteiger charge is -2.35. The maximum absolute atomic E-state index is 8.86. The number of rotatable bonds is 8. The molecule has 1 unspecified atom stereocenters. The Bertz CT molecular complexity index is 508. The van der Waals surface area contributed by atoms with Crippen molar-refractivity contribution in [2.45, 2.75) is 57.9 Å². The molecule has 0 radical (unpaired) electrons. The van der Waals surface area contributed by atoms with Gasteiger partial charge in [0.1, 0.15) is 0 Å². The quantitative estimate of drug-likeness (QED) is 0.497. The zero-order valence-electron chi connectivity index (χ0n) is 14.6. The molecule has 6 heteroatoms. The van der Waals surface area contributed by atoms with E-state index in [4.69, 9.17) is 27.4 Å². The van der Waals surface area contributed by atoms with E-state index < -0.39 is 7.12 Å². The van der Waals surface area contributed by atoms with Crippen LogP contribution in [0.5, 0.6) is 0 Å². The molecular formula is C18H30BClN2O2. The average Bonchev–Trinajstić information content (AvgIpc) is 2.55. The van der Waals surface area contributed by atoms with Crippen molar-refractivity contribution in [2.24, 2.45) is 11.7 Å². The van der Waals surface area contributed by atoms with Gasteiger partial charge in [-0.2, -0.15) is 0 Å². The van der Waals surface area contributed by atoms with Crippen molar-refractivity contribution in [3.8, 4) is 0 Å². The maximum atomic E-state index is 8.86. The third-order valence-corrected chi connectivity index (χ3v) is 5.54. The fraction of sp³-hybridized carbons (Fsp3) is 0.667. The molecule has 24 heavy (non-hydrogen) atoms. The van der Waals surface area contributed by atoms with Crippen molar-refractivity contribution in [1.29, 1.82) is 0 Å². The predicted octanol–water partition coefficient (Wildman–Crippen LogP) is 2.83. The van der Waals surface area contributed by atoms with Gasteiger partial charge in [-0.05, 0) is 68.7 Å². The first-order chi connectivity index (χ1) is 11.5. The molecule has 4 N–H and O–H groups in total. The molecule has 1 fully saturated rings. The van der Waals surface area contributed by atoms with Crippen LogP contribution in [0.2, 0.25) is 11.3 Å². The Morgan fingerprint density at radius 1 is 1.29 bits per heavy atom. The molecule has 1 atom stereocenters. The average molecular weight is 353 g/mol. The van der Waals surface area contributed by atoms with Crippen molar-refractivity contribution in [3.63, 3.8) is 0 Å². The van der Waals surface area contributed by atoms with E-state index in [1.807, 2.05) is 6.92 Å². The molecule has 1 aliphatic heterocycles. The minimum absolute atomic E-state index is 0.233. The molecule has 1 saturated heterocycles. The summed E-state index contributed by atoms with van der Waals surface area (Å²) in [5, 5.41) is 18.6. The maximum Gasteiger partial charge on any atom is 0.451 e. The van der Waals surface area contributed by atoms with E-state index in [2.05, 4.69) is 23.1 Å². The van der Waals surface area contributed by atoms with Gasteiger partial charge in [-0.3, -0.25) is 4.90 Å². The zero-order valence-corrected chi connectivity index (χ0v) is 15.4. The van der Waals surface area contributed by atoms with Gasteiger partial charge in [0.25, 0.3) is 0 Å². The van der Waals surface area contributed by atoms with E-state index in [1.165, 1.54) is 5.56 Å². The second-order valence-electron chi connectivity index (χ2n) is 7.13. The SMILES string of the molecule is Cc1ccc(CN2CCC(C(N)CCCCB(O)O)CC2)cc1Cl. The summed E-state index contributed by atoms with van der Waals surface area (Å²) in [5.74, 6) is 0.585. The molecule has 0 aromatic heterocycles. The highest BCUT2D eigenvalue weighted by atomic mass is 35.5. The van der Waals surface area contributed by atoms with Gasteiger partial charge in [0, 0.05) is 17.6 Å². The molecule has 0 aliphatic carbocycles. The Hall–Kier alpha value is -0.585. The van der Waals surface area contributed by atoms with Gasteiger partial charge >= 0.3 is 7.12 Å². The summed E-state index contributed by atoms with van der Waals surface area (Å²) in [7, 11) is -1.18. The minimum atomic E-state index is -1.18. The first-order valence-corrected chi connectivity index (χ1v) is 9.42. The van der Waals surface area contributed by atoms with E-state index in [0.29, 0.717) is 12.2 Å². The lowest BCUT2D eigenvalue weighted by atomic mass is 9.82. The lowest BCUT2D eigenvalue weighted by molar-refractivity contribution is 0.159. The topological polar surface area (TPSA) is 69.7 Å². The van der Waals surface area contributed by atoms with E-state index in [-0.39, 0.29) is 6.04 Å². The molecule has 1 aromatic rings. The Balaban J connectivity index is 1.69. The number of piperidine rings is 1. The van der Waals surface area contributed by atoms with Crippen molar-refractivity contribution in [2.75, 3.05) is 13.1 Å². The number of unbranched alkanes of at least 4 members (excludes halogenated alkanes) is 1. The third kappa shape index (κ3) is 6.38. The largest absolute Gasteiger partial charge is 0.451 e. The van der Waals surface area contributed by atoms with Gasteiger partial charge in [0.15, 0.2) is 0 Å². The van der Waals surface area contributed by atoms with E-state index in [0.717, 1.165) is 62.3 Å². The number of halogens is 1. The Labute approximate surface area is 151 Å². The second-order valence-corrected chi connectivity index (χ2v) is 7.53. The molecule has 2 rings (SSSR count). The number of hydrogen-bond donors (Lipinski definition) is 3. The lowest BCUT2D eigenvalue weighted by Crippen LogP contribution is -2.40. The van der Waals surface area contributed by atoms with Crippen molar-refractivity contribution < 1.29 is 10.0 Å². The summed E-state index contributed by atoms with van der Waals surface area (Å²) in [6.45, 7) is 5.15. The predicted molar refractivity (Wildman–Crippen MR) is 101 cm³/mol. The first kappa shape index (κ1) is 19.7. The highest BCUT2D eigenvalue weighted by molar-refractivity contribution is 6.40. The monoisotopic (exact) mass is 352 g/mol. The van der Waals surface area contributed by atoms with Crippen LogP contribution in [0.1, 0.15) is 43.2 Å². The van der Waals surface area contributed by atoms with E-state index in [9.17, 15) is 0 Å². The van der Waals surface area contributed by atoms with Gasteiger partial charge < -0.3 is 15.8 Å². The molecule has 4 nitrogen and oxygen atoms in total. The molecule has 0 amide bonds. The van der Waals surface area contributed by atoms with Gasteiger partial charge in [-0.15, -0.1) is 0 Å². The van der Waals surface area contributed by atoms with Crippen molar-refractivity contribution in [3.05, 3.63) is 34.3 Å². The number of nitrogens with zero attached hydrogens (tertiary/aromatic N) is 1. The Morgan fingerprint density at radius 2 is 2.00 bits per heavy atom. The van der Waals surface area contributed by atoms with Crippen LogP contribution in [0, 0.1) is 12.8 Å². The minimum Gasteiger partial charge on any atom is -0.427 e. The molecule has 0 bridgehead atoms. The molecular weight excluding hydrogens is 322 g/mol.